The fraction of sp³-hybridized carbons (Fsp3) is 0.333. The third kappa shape index (κ3) is 6.36. The topological polar surface area (TPSA) is 61.4 Å². The summed E-state index contributed by atoms with van der Waals surface area (Å²) < 4.78 is 38.6. The molecule has 0 spiro atoms. The van der Waals surface area contributed by atoms with Crippen LogP contribution < -0.4 is 15.5 Å². The molecule has 2 aliphatic rings. The van der Waals surface area contributed by atoms with Crippen LogP contribution in [0.2, 0.25) is 0 Å². The molecule has 8 heteroatoms. The minimum atomic E-state index is -4.47. The summed E-state index contributed by atoms with van der Waals surface area (Å²) in [6.07, 6.45) is 0.520. The van der Waals surface area contributed by atoms with Gasteiger partial charge in [0.1, 0.15) is 0 Å². The first kappa shape index (κ1) is 25.8. The van der Waals surface area contributed by atoms with Crippen molar-refractivity contribution >= 4 is 23.2 Å². The third-order valence-electron chi connectivity index (χ3n) is 7.21. The van der Waals surface area contributed by atoms with Crippen LogP contribution >= 0.6 is 0 Å². The number of nitrogens with zero attached hydrogens (tertiary/aromatic N) is 1. The van der Waals surface area contributed by atoms with Gasteiger partial charge in [-0.2, -0.15) is 13.2 Å². The fourth-order valence-corrected chi connectivity index (χ4v) is 4.90. The molecule has 0 atom stereocenters. The van der Waals surface area contributed by atoms with Crippen LogP contribution in [0.5, 0.6) is 0 Å². The number of hydrogen-bond donors (Lipinski definition) is 2. The molecular formula is C30H30F3N3O2. The van der Waals surface area contributed by atoms with E-state index in [9.17, 15) is 22.8 Å². The van der Waals surface area contributed by atoms with Crippen molar-refractivity contribution in [2.45, 2.75) is 44.3 Å². The number of hydrogen-bond acceptors (Lipinski definition) is 3. The van der Waals surface area contributed by atoms with Crippen molar-refractivity contribution in [2.24, 2.45) is 5.92 Å². The van der Waals surface area contributed by atoms with Crippen LogP contribution in [0.4, 0.5) is 24.5 Å². The van der Waals surface area contributed by atoms with Gasteiger partial charge < -0.3 is 15.5 Å². The molecule has 3 aromatic carbocycles. The van der Waals surface area contributed by atoms with Crippen LogP contribution in [0.25, 0.3) is 0 Å². The maximum absolute atomic E-state index is 13.1. The van der Waals surface area contributed by atoms with Gasteiger partial charge >= 0.3 is 6.18 Å². The first-order valence-corrected chi connectivity index (χ1v) is 13.0. The Labute approximate surface area is 220 Å². The predicted molar refractivity (Wildman–Crippen MR) is 141 cm³/mol. The van der Waals surface area contributed by atoms with Crippen molar-refractivity contribution in [2.75, 3.05) is 23.3 Å². The molecule has 2 amide bonds. The minimum Gasteiger partial charge on any atom is -0.371 e. The third-order valence-corrected chi connectivity index (χ3v) is 7.21. The Balaban J connectivity index is 1.29. The van der Waals surface area contributed by atoms with Gasteiger partial charge in [0.15, 0.2) is 0 Å². The highest BCUT2D eigenvalue weighted by atomic mass is 19.4. The predicted octanol–water partition coefficient (Wildman–Crippen LogP) is 6.31. The number of halogens is 3. The standard InChI is InChI=1S/C30H30F3N3O2/c31-30(32,33)23-8-6-22(7-9-23)28(37)35-25-12-13-27(26(19-25)29(38)34-24-10-11-24)36-16-14-21(15-17-36)18-20-4-2-1-3-5-20/h1-9,12-13,19,21,24H,10-11,14-18H2,(H,34,38)(H,35,37). The van der Waals surface area contributed by atoms with Crippen LogP contribution in [0.15, 0.2) is 72.8 Å². The van der Waals surface area contributed by atoms with E-state index in [0.717, 1.165) is 75.1 Å². The molecule has 2 N–H and O–H groups in total. The van der Waals surface area contributed by atoms with Gasteiger partial charge in [-0.3, -0.25) is 9.59 Å². The Morgan fingerprint density at radius 2 is 1.53 bits per heavy atom. The van der Waals surface area contributed by atoms with Crippen molar-refractivity contribution in [3.8, 4) is 0 Å². The molecule has 1 heterocycles. The Bertz CT molecular complexity index is 1280. The van der Waals surface area contributed by atoms with Gasteiger partial charge in [0.2, 0.25) is 0 Å². The van der Waals surface area contributed by atoms with Crippen LogP contribution in [0.1, 0.15) is 57.5 Å². The molecule has 1 saturated heterocycles. The van der Waals surface area contributed by atoms with E-state index in [0.29, 0.717) is 17.2 Å². The van der Waals surface area contributed by atoms with Gasteiger partial charge in [0, 0.05) is 36.1 Å². The zero-order chi connectivity index (χ0) is 26.7. The molecule has 198 valence electrons. The Morgan fingerprint density at radius 1 is 0.842 bits per heavy atom. The average molecular weight is 522 g/mol. The molecule has 0 aromatic heterocycles. The van der Waals surface area contributed by atoms with Crippen LogP contribution in [-0.2, 0) is 12.6 Å². The molecule has 0 radical (unpaired) electrons. The molecule has 5 nitrogen and oxygen atoms in total. The summed E-state index contributed by atoms with van der Waals surface area (Å²) in [5.74, 6) is -0.138. The van der Waals surface area contributed by atoms with Crippen LogP contribution in [0, 0.1) is 5.92 Å². The maximum Gasteiger partial charge on any atom is 0.416 e. The number of amides is 2. The average Bonchev–Trinajstić information content (AvgIpc) is 3.73. The number of anilines is 2. The highest BCUT2D eigenvalue weighted by Crippen LogP contribution is 2.32. The molecule has 0 unspecified atom stereocenters. The lowest BCUT2D eigenvalue weighted by atomic mass is 9.89. The van der Waals surface area contributed by atoms with Gasteiger partial charge in [-0.05, 0) is 86.1 Å². The number of carbonyl (C=O) groups excluding carboxylic acids is 2. The Kier molecular flexibility index (Phi) is 7.40. The monoisotopic (exact) mass is 521 g/mol. The largest absolute Gasteiger partial charge is 0.416 e. The molecular weight excluding hydrogens is 491 g/mol. The number of benzene rings is 3. The van der Waals surface area contributed by atoms with Gasteiger partial charge in [-0.15, -0.1) is 0 Å². The van der Waals surface area contributed by atoms with Crippen LogP contribution in [-0.4, -0.2) is 30.9 Å². The van der Waals surface area contributed by atoms with E-state index in [2.05, 4.69) is 39.8 Å². The Hall–Kier alpha value is -3.81. The van der Waals surface area contributed by atoms with E-state index < -0.39 is 17.6 Å². The highest BCUT2D eigenvalue weighted by Gasteiger charge is 2.30. The summed E-state index contributed by atoms with van der Waals surface area (Å²) in [5, 5.41) is 5.77. The lowest BCUT2D eigenvalue weighted by Crippen LogP contribution is -2.36. The van der Waals surface area contributed by atoms with Crippen molar-refractivity contribution in [1.82, 2.24) is 5.32 Å². The Morgan fingerprint density at radius 3 is 2.16 bits per heavy atom. The second kappa shape index (κ2) is 10.9. The number of alkyl halides is 3. The van der Waals surface area contributed by atoms with Crippen molar-refractivity contribution in [3.05, 3.63) is 95.1 Å². The van der Waals surface area contributed by atoms with Crippen molar-refractivity contribution in [3.63, 3.8) is 0 Å². The summed E-state index contributed by atoms with van der Waals surface area (Å²) >= 11 is 0. The first-order valence-electron chi connectivity index (χ1n) is 13.0. The molecule has 38 heavy (non-hydrogen) atoms. The zero-order valence-corrected chi connectivity index (χ0v) is 20.9. The van der Waals surface area contributed by atoms with Crippen LogP contribution in [0.3, 0.4) is 0 Å². The van der Waals surface area contributed by atoms with Gasteiger partial charge in [0.05, 0.1) is 11.1 Å². The molecule has 1 aliphatic carbocycles. The normalized spacial score (nSPS) is 16.2. The van der Waals surface area contributed by atoms with E-state index in [-0.39, 0.29) is 17.5 Å². The molecule has 3 aromatic rings. The lowest BCUT2D eigenvalue weighted by Gasteiger charge is -2.35. The van der Waals surface area contributed by atoms with Gasteiger partial charge in [-0.1, -0.05) is 30.3 Å². The first-order chi connectivity index (χ1) is 18.3. The van der Waals surface area contributed by atoms with E-state index in [4.69, 9.17) is 0 Å². The van der Waals surface area contributed by atoms with E-state index in [1.165, 1.54) is 5.56 Å². The fourth-order valence-electron chi connectivity index (χ4n) is 4.90. The van der Waals surface area contributed by atoms with E-state index >= 15 is 0 Å². The summed E-state index contributed by atoms with van der Waals surface area (Å²) in [5.41, 5.74) is 2.36. The molecule has 0 bridgehead atoms. The second-order valence-corrected chi connectivity index (χ2v) is 10.1. The summed E-state index contributed by atoms with van der Waals surface area (Å²) in [6.45, 7) is 1.66. The smallest absolute Gasteiger partial charge is 0.371 e. The number of nitrogens with one attached hydrogen (secondary N) is 2. The summed E-state index contributed by atoms with van der Waals surface area (Å²) in [4.78, 5) is 28.1. The minimum absolute atomic E-state index is 0.103. The summed E-state index contributed by atoms with van der Waals surface area (Å²) in [6, 6.07) is 19.9. The molecule has 5 rings (SSSR count). The van der Waals surface area contributed by atoms with Crippen molar-refractivity contribution < 1.29 is 22.8 Å². The van der Waals surface area contributed by atoms with Gasteiger partial charge in [-0.25, -0.2) is 0 Å². The van der Waals surface area contributed by atoms with Crippen molar-refractivity contribution in [1.29, 1.82) is 0 Å². The number of carbonyl (C=O) groups is 2. The molecule has 1 saturated carbocycles. The lowest BCUT2D eigenvalue weighted by molar-refractivity contribution is -0.137. The van der Waals surface area contributed by atoms with Gasteiger partial charge in [0.25, 0.3) is 11.8 Å². The SMILES string of the molecule is O=C(Nc1ccc(N2CCC(Cc3ccccc3)CC2)c(C(=O)NC2CC2)c1)c1ccc(C(F)(F)F)cc1. The zero-order valence-electron chi connectivity index (χ0n) is 20.9. The molecule has 2 fully saturated rings. The van der Waals surface area contributed by atoms with E-state index in [1.54, 1.807) is 12.1 Å². The highest BCUT2D eigenvalue weighted by molar-refractivity contribution is 6.06. The summed E-state index contributed by atoms with van der Waals surface area (Å²) in [7, 11) is 0. The second-order valence-electron chi connectivity index (χ2n) is 10.1. The number of piperidine rings is 1. The maximum atomic E-state index is 13.1. The van der Waals surface area contributed by atoms with E-state index in [1.807, 2.05) is 12.1 Å². The number of rotatable bonds is 7. The quantitative estimate of drug-likeness (QED) is 0.383. The molecule has 1 aliphatic heterocycles.